The fraction of sp³-hybridized carbons (Fsp3) is 0.304. The van der Waals surface area contributed by atoms with E-state index in [0.717, 1.165) is 29.6 Å². The number of carbonyl (C=O) groups excluding carboxylic acids is 2. The predicted octanol–water partition coefficient (Wildman–Crippen LogP) is 2.56. The molecular weight excluding hydrogens is 364 g/mol. The summed E-state index contributed by atoms with van der Waals surface area (Å²) in [5.74, 6) is -0.204. The number of carbonyl (C=O) groups is 2. The molecule has 6 heteroatoms. The van der Waals surface area contributed by atoms with Crippen molar-refractivity contribution in [1.29, 1.82) is 0 Å². The Labute approximate surface area is 170 Å². The van der Waals surface area contributed by atoms with Crippen molar-refractivity contribution in [1.82, 2.24) is 15.2 Å². The van der Waals surface area contributed by atoms with Crippen LogP contribution in [-0.2, 0) is 16.0 Å². The molecule has 4 rings (SSSR count). The molecule has 2 heterocycles. The third-order valence-corrected chi connectivity index (χ3v) is 5.49. The summed E-state index contributed by atoms with van der Waals surface area (Å²) in [6, 6.07) is 17.7. The number of anilines is 1. The SMILES string of the molecule is CC(=O)NC(Cc1c[nH]c2ccccc12)C(=O)N1CCN(c2ccccc2)CC1. The van der Waals surface area contributed by atoms with Gasteiger partial charge in [-0.05, 0) is 23.8 Å². The number of nitrogens with zero attached hydrogens (tertiary/aromatic N) is 2. The first kappa shape index (κ1) is 19.1. The number of aromatic nitrogens is 1. The van der Waals surface area contributed by atoms with E-state index < -0.39 is 6.04 Å². The molecule has 0 saturated carbocycles. The number of piperazine rings is 1. The van der Waals surface area contributed by atoms with Gasteiger partial charge in [-0.25, -0.2) is 0 Å². The van der Waals surface area contributed by atoms with Gasteiger partial charge in [0.25, 0.3) is 0 Å². The number of benzene rings is 2. The smallest absolute Gasteiger partial charge is 0.245 e. The highest BCUT2D eigenvalue weighted by atomic mass is 16.2. The third-order valence-electron chi connectivity index (χ3n) is 5.49. The first-order valence-electron chi connectivity index (χ1n) is 10.0. The molecule has 1 aliphatic rings. The Morgan fingerprint density at radius 3 is 2.41 bits per heavy atom. The lowest BCUT2D eigenvalue weighted by atomic mass is 10.0. The maximum Gasteiger partial charge on any atom is 0.245 e. The molecule has 3 aromatic rings. The van der Waals surface area contributed by atoms with Crippen LogP contribution in [0.3, 0.4) is 0 Å². The van der Waals surface area contributed by atoms with Crippen LogP contribution in [-0.4, -0.2) is 53.9 Å². The number of nitrogens with one attached hydrogen (secondary N) is 2. The lowest BCUT2D eigenvalue weighted by Crippen LogP contribution is -2.55. The molecule has 0 aliphatic carbocycles. The van der Waals surface area contributed by atoms with Crippen LogP contribution in [0.25, 0.3) is 10.9 Å². The summed E-state index contributed by atoms with van der Waals surface area (Å²) in [5, 5.41) is 3.95. The Kier molecular flexibility index (Phi) is 5.51. The summed E-state index contributed by atoms with van der Waals surface area (Å²) >= 11 is 0. The van der Waals surface area contributed by atoms with Gasteiger partial charge in [0.05, 0.1) is 0 Å². The second-order valence-corrected chi connectivity index (χ2v) is 7.46. The van der Waals surface area contributed by atoms with Gasteiger partial charge < -0.3 is 20.1 Å². The van der Waals surface area contributed by atoms with E-state index in [4.69, 9.17) is 0 Å². The van der Waals surface area contributed by atoms with Crippen LogP contribution in [0.1, 0.15) is 12.5 Å². The number of H-pyrrole nitrogens is 1. The Balaban J connectivity index is 1.46. The molecule has 0 bridgehead atoms. The quantitative estimate of drug-likeness (QED) is 0.704. The first-order valence-corrected chi connectivity index (χ1v) is 10.0. The lowest BCUT2D eigenvalue weighted by Gasteiger charge is -2.37. The van der Waals surface area contributed by atoms with E-state index in [9.17, 15) is 9.59 Å². The van der Waals surface area contributed by atoms with Gasteiger partial charge in [0.15, 0.2) is 0 Å². The van der Waals surface area contributed by atoms with Gasteiger partial charge in [0, 0.05) is 62.3 Å². The van der Waals surface area contributed by atoms with Crippen LogP contribution >= 0.6 is 0 Å². The average molecular weight is 390 g/mol. The molecule has 2 aromatic carbocycles. The van der Waals surface area contributed by atoms with Crippen molar-refractivity contribution in [2.24, 2.45) is 0 Å². The molecule has 1 aromatic heterocycles. The summed E-state index contributed by atoms with van der Waals surface area (Å²) in [5.41, 5.74) is 3.25. The van der Waals surface area contributed by atoms with Gasteiger partial charge in [-0.3, -0.25) is 9.59 Å². The Bertz CT molecular complexity index is 990. The van der Waals surface area contributed by atoms with E-state index in [1.54, 1.807) is 0 Å². The maximum atomic E-state index is 13.2. The monoisotopic (exact) mass is 390 g/mol. The molecule has 2 N–H and O–H groups in total. The van der Waals surface area contributed by atoms with Crippen molar-refractivity contribution < 1.29 is 9.59 Å². The van der Waals surface area contributed by atoms with E-state index in [2.05, 4.69) is 27.3 Å². The van der Waals surface area contributed by atoms with Crippen LogP contribution in [0, 0.1) is 0 Å². The molecule has 1 saturated heterocycles. The fourth-order valence-corrected chi connectivity index (χ4v) is 4.01. The zero-order valence-corrected chi connectivity index (χ0v) is 16.6. The Morgan fingerprint density at radius 2 is 1.69 bits per heavy atom. The molecule has 150 valence electrons. The number of hydrogen-bond donors (Lipinski definition) is 2. The topological polar surface area (TPSA) is 68.4 Å². The summed E-state index contributed by atoms with van der Waals surface area (Å²) in [4.78, 5) is 32.4. The number of amides is 2. The van der Waals surface area contributed by atoms with Crippen LogP contribution in [0.2, 0.25) is 0 Å². The highest BCUT2D eigenvalue weighted by Crippen LogP contribution is 2.21. The molecule has 6 nitrogen and oxygen atoms in total. The first-order chi connectivity index (χ1) is 14.1. The van der Waals surface area contributed by atoms with Crippen molar-refractivity contribution in [2.45, 2.75) is 19.4 Å². The second kappa shape index (κ2) is 8.39. The van der Waals surface area contributed by atoms with Crippen LogP contribution in [0.4, 0.5) is 5.69 Å². The Hall–Kier alpha value is -3.28. The number of aromatic amines is 1. The summed E-state index contributed by atoms with van der Waals surface area (Å²) in [6.45, 7) is 4.34. The van der Waals surface area contributed by atoms with E-state index in [1.165, 1.54) is 12.6 Å². The van der Waals surface area contributed by atoms with Crippen molar-refractivity contribution in [3.8, 4) is 0 Å². The molecule has 29 heavy (non-hydrogen) atoms. The van der Waals surface area contributed by atoms with Gasteiger partial charge in [-0.1, -0.05) is 36.4 Å². The molecule has 0 radical (unpaired) electrons. The zero-order chi connectivity index (χ0) is 20.2. The Morgan fingerprint density at radius 1 is 1.00 bits per heavy atom. The summed E-state index contributed by atoms with van der Waals surface area (Å²) in [6.07, 6.45) is 2.40. The number of hydrogen-bond acceptors (Lipinski definition) is 3. The predicted molar refractivity (Wildman–Crippen MR) is 115 cm³/mol. The molecular formula is C23H26N4O2. The van der Waals surface area contributed by atoms with Gasteiger partial charge in [0.2, 0.25) is 11.8 Å². The van der Waals surface area contributed by atoms with E-state index >= 15 is 0 Å². The highest BCUT2D eigenvalue weighted by molar-refractivity contribution is 5.89. The van der Waals surface area contributed by atoms with E-state index in [0.29, 0.717) is 19.5 Å². The van der Waals surface area contributed by atoms with Crippen molar-refractivity contribution in [3.05, 3.63) is 66.4 Å². The van der Waals surface area contributed by atoms with E-state index in [-0.39, 0.29) is 11.8 Å². The van der Waals surface area contributed by atoms with Crippen LogP contribution in [0.5, 0.6) is 0 Å². The highest BCUT2D eigenvalue weighted by Gasteiger charge is 2.29. The van der Waals surface area contributed by atoms with Gasteiger partial charge in [-0.2, -0.15) is 0 Å². The zero-order valence-electron chi connectivity index (χ0n) is 16.6. The van der Waals surface area contributed by atoms with Gasteiger partial charge in [0.1, 0.15) is 6.04 Å². The van der Waals surface area contributed by atoms with Gasteiger partial charge in [-0.15, -0.1) is 0 Å². The molecule has 1 unspecified atom stereocenters. The maximum absolute atomic E-state index is 13.2. The second-order valence-electron chi connectivity index (χ2n) is 7.46. The molecule has 2 amide bonds. The number of fused-ring (bicyclic) bond motifs is 1. The van der Waals surface area contributed by atoms with Crippen molar-refractivity contribution in [3.63, 3.8) is 0 Å². The molecule has 1 aliphatic heterocycles. The van der Waals surface area contributed by atoms with Crippen LogP contribution < -0.4 is 10.2 Å². The lowest BCUT2D eigenvalue weighted by molar-refractivity contribution is -0.136. The average Bonchev–Trinajstić information content (AvgIpc) is 3.16. The van der Waals surface area contributed by atoms with Gasteiger partial charge >= 0.3 is 0 Å². The minimum Gasteiger partial charge on any atom is -0.368 e. The molecule has 1 fully saturated rings. The minimum atomic E-state index is -0.560. The summed E-state index contributed by atoms with van der Waals surface area (Å²) < 4.78 is 0. The minimum absolute atomic E-state index is 0.0156. The standard InChI is InChI=1S/C23H26N4O2/c1-17(28)25-22(15-18-16-24-21-10-6-5-9-20(18)21)23(29)27-13-11-26(12-14-27)19-7-3-2-4-8-19/h2-10,16,22,24H,11-15H2,1H3,(H,25,28). The van der Waals surface area contributed by atoms with Crippen molar-refractivity contribution >= 4 is 28.4 Å². The number of rotatable bonds is 5. The molecule has 0 spiro atoms. The molecule has 1 atom stereocenters. The van der Waals surface area contributed by atoms with Crippen molar-refractivity contribution in [2.75, 3.05) is 31.1 Å². The van der Waals surface area contributed by atoms with E-state index in [1.807, 2.05) is 53.6 Å². The fourth-order valence-electron chi connectivity index (χ4n) is 4.01. The number of para-hydroxylation sites is 2. The third kappa shape index (κ3) is 4.26. The summed E-state index contributed by atoms with van der Waals surface area (Å²) in [7, 11) is 0. The normalized spacial score (nSPS) is 15.3. The van der Waals surface area contributed by atoms with Crippen LogP contribution in [0.15, 0.2) is 60.8 Å². The largest absolute Gasteiger partial charge is 0.368 e.